The number of hydrogen-bond acceptors (Lipinski definition) is 0. The average Bonchev–Trinajstić information content (AvgIpc) is 2.16. The van der Waals surface area contributed by atoms with Gasteiger partial charge in [-0.3, -0.25) is 0 Å². The van der Waals surface area contributed by atoms with Crippen molar-refractivity contribution in [1.29, 1.82) is 0 Å². The van der Waals surface area contributed by atoms with Crippen molar-refractivity contribution in [3.05, 3.63) is 11.6 Å². The van der Waals surface area contributed by atoms with Gasteiger partial charge in [0.15, 0.2) is 0 Å². The SMILES string of the molecule is CC=C(CC)C12CC3CC(CC(C3)C1)C2. The van der Waals surface area contributed by atoms with Crippen LogP contribution in [0, 0.1) is 23.2 Å². The van der Waals surface area contributed by atoms with Crippen LogP contribution in [0.3, 0.4) is 0 Å². The molecule has 0 aliphatic heterocycles. The van der Waals surface area contributed by atoms with Gasteiger partial charge in [0.1, 0.15) is 0 Å². The molecule has 4 saturated carbocycles. The van der Waals surface area contributed by atoms with Crippen molar-refractivity contribution >= 4 is 0 Å². The fourth-order valence-corrected chi connectivity index (χ4v) is 5.39. The minimum absolute atomic E-state index is 0.679. The highest BCUT2D eigenvalue weighted by molar-refractivity contribution is 5.19. The molecule has 0 spiro atoms. The lowest BCUT2D eigenvalue weighted by Gasteiger charge is -2.58. The molecule has 0 radical (unpaired) electrons. The zero-order valence-corrected chi connectivity index (χ0v) is 10.3. The minimum atomic E-state index is 0.679. The van der Waals surface area contributed by atoms with E-state index in [9.17, 15) is 0 Å². The Morgan fingerprint density at radius 3 is 1.87 bits per heavy atom. The lowest BCUT2D eigenvalue weighted by molar-refractivity contribution is -0.0319. The van der Waals surface area contributed by atoms with E-state index >= 15 is 0 Å². The second kappa shape index (κ2) is 3.37. The van der Waals surface area contributed by atoms with E-state index in [4.69, 9.17) is 0 Å². The van der Waals surface area contributed by atoms with E-state index in [0.29, 0.717) is 5.41 Å². The maximum Gasteiger partial charge on any atom is -0.00804 e. The van der Waals surface area contributed by atoms with Crippen molar-refractivity contribution in [2.45, 2.75) is 58.8 Å². The van der Waals surface area contributed by atoms with Crippen LogP contribution >= 0.6 is 0 Å². The van der Waals surface area contributed by atoms with Gasteiger partial charge in [0, 0.05) is 0 Å². The Morgan fingerprint density at radius 2 is 1.53 bits per heavy atom. The summed E-state index contributed by atoms with van der Waals surface area (Å²) < 4.78 is 0. The summed E-state index contributed by atoms with van der Waals surface area (Å²) >= 11 is 0. The molecule has 4 aliphatic rings. The zero-order valence-electron chi connectivity index (χ0n) is 10.3. The fourth-order valence-electron chi connectivity index (χ4n) is 5.39. The van der Waals surface area contributed by atoms with Gasteiger partial charge in [-0.05, 0) is 75.0 Å². The summed E-state index contributed by atoms with van der Waals surface area (Å²) in [6.45, 7) is 4.62. The molecule has 0 heterocycles. The van der Waals surface area contributed by atoms with Gasteiger partial charge in [0.2, 0.25) is 0 Å². The molecule has 15 heavy (non-hydrogen) atoms. The molecule has 0 unspecified atom stereocenters. The summed E-state index contributed by atoms with van der Waals surface area (Å²) in [5, 5.41) is 0. The van der Waals surface area contributed by atoms with E-state index in [1.54, 1.807) is 24.8 Å². The third kappa shape index (κ3) is 1.40. The summed E-state index contributed by atoms with van der Waals surface area (Å²) in [6.07, 6.45) is 13.0. The first-order chi connectivity index (χ1) is 7.25. The number of rotatable bonds is 2. The standard InChI is InChI=1S/C15H24/c1-3-14(4-2)15-8-11-5-12(9-15)7-13(6-11)10-15/h3,11-13H,4-10H2,1-2H3. The Labute approximate surface area is 94.1 Å². The van der Waals surface area contributed by atoms with E-state index in [2.05, 4.69) is 19.9 Å². The van der Waals surface area contributed by atoms with E-state index in [1.165, 1.54) is 25.7 Å². The summed E-state index contributed by atoms with van der Waals surface area (Å²) in [4.78, 5) is 0. The molecule has 0 aromatic carbocycles. The number of hydrogen-bond donors (Lipinski definition) is 0. The van der Waals surface area contributed by atoms with Crippen LogP contribution in [-0.2, 0) is 0 Å². The molecule has 4 bridgehead atoms. The molecule has 4 aliphatic carbocycles. The molecule has 0 nitrogen and oxygen atoms in total. The minimum Gasteiger partial charge on any atom is -0.0879 e. The van der Waals surface area contributed by atoms with Gasteiger partial charge in [-0.25, -0.2) is 0 Å². The summed E-state index contributed by atoms with van der Waals surface area (Å²) in [7, 11) is 0. The largest absolute Gasteiger partial charge is 0.0879 e. The molecular weight excluding hydrogens is 180 g/mol. The van der Waals surface area contributed by atoms with Crippen molar-refractivity contribution in [2.75, 3.05) is 0 Å². The van der Waals surface area contributed by atoms with Crippen LogP contribution in [0.1, 0.15) is 58.8 Å². The molecule has 4 fully saturated rings. The van der Waals surface area contributed by atoms with Gasteiger partial charge in [-0.15, -0.1) is 0 Å². The zero-order chi connectivity index (χ0) is 10.5. The normalized spacial score (nSPS) is 48.7. The third-order valence-electron chi connectivity index (χ3n) is 5.45. The van der Waals surface area contributed by atoms with Crippen molar-refractivity contribution in [1.82, 2.24) is 0 Å². The summed E-state index contributed by atoms with van der Waals surface area (Å²) in [6, 6.07) is 0. The first kappa shape index (κ1) is 9.93. The molecule has 0 aromatic rings. The molecule has 0 aromatic heterocycles. The van der Waals surface area contributed by atoms with Crippen LogP contribution in [0.5, 0.6) is 0 Å². The van der Waals surface area contributed by atoms with Crippen LogP contribution < -0.4 is 0 Å². The highest BCUT2D eigenvalue weighted by Gasteiger charge is 2.51. The van der Waals surface area contributed by atoms with Crippen LogP contribution in [-0.4, -0.2) is 0 Å². The Bertz CT molecular complexity index is 249. The third-order valence-corrected chi connectivity index (χ3v) is 5.45. The lowest BCUT2D eigenvalue weighted by Crippen LogP contribution is -2.46. The predicted molar refractivity (Wildman–Crippen MR) is 64.7 cm³/mol. The molecule has 0 N–H and O–H groups in total. The average molecular weight is 204 g/mol. The van der Waals surface area contributed by atoms with E-state index in [1.807, 2.05) is 0 Å². The van der Waals surface area contributed by atoms with Crippen molar-refractivity contribution < 1.29 is 0 Å². The van der Waals surface area contributed by atoms with Gasteiger partial charge >= 0.3 is 0 Å². The molecule has 0 amide bonds. The number of allylic oxidation sites excluding steroid dienone is 2. The Kier molecular flexibility index (Phi) is 2.23. The van der Waals surface area contributed by atoms with E-state index < -0.39 is 0 Å². The second-order valence-corrected chi connectivity index (χ2v) is 6.37. The smallest absolute Gasteiger partial charge is 0.00804 e. The maximum atomic E-state index is 2.44. The topological polar surface area (TPSA) is 0 Å². The van der Waals surface area contributed by atoms with Crippen LogP contribution in [0.2, 0.25) is 0 Å². The lowest BCUT2D eigenvalue weighted by atomic mass is 9.47. The Balaban J connectivity index is 1.92. The van der Waals surface area contributed by atoms with Gasteiger partial charge in [-0.2, -0.15) is 0 Å². The van der Waals surface area contributed by atoms with Gasteiger partial charge in [0.05, 0.1) is 0 Å². The quantitative estimate of drug-likeness (QED) is 0.578. The Hall–Kier alpha value is -0.260. The van der Waals surface area contributed by atoms with Crippen LogP contribution in [0.25, 0.3) is 0 Å². The molecular formula is C15H24. The summed E-state index contributed by atoms with van der Waals surface area (Å²) in [5.41, 5.74) is 2.47. The first-order valence-electron chi connectivity index (χ1n) is 6.91. The van der Waals surface area contributed by atoms with Crippen molar-refractivity contribution in [2.24, 2.45) is 23.2 Å². The molecule has 84 valence electrons. The molecule has 0 heteroatoms. The van der Waals surface area contributed by atoms with E-state index in [-0.39, 0.29) is 0 Å². The molecule has 4 rings (SSSR count). The summed E-state index contributed by atoms with van der Waals surface area (Å²) in [5.74, 6) is 3.29. The second-order valence-electron chi connectivity index (χ2n) is 6.37. The Morgan fingerprint density at radius 1 is 1.07 bits per heavy atom. The van der Waals surface area contributed by atoms with Crippen LogP contribution in [0.15, 0.2) is 11.6 Å². The van der Waals surface area contributed by atoms with Crippen molar-refractivity contribution in [3.63, 3.8) is 0 Å². The van der Waals surface area contributed by atoms with E-state index in [0.717, 1.165) is 17.8 Å². The fraction of sp³-hybridized carbons (Fsp3) is 0.867. The van der Waals surface area contributed by atoms with Crippen LogP contribution in [0.4, 0.5) is 0 Å². The van der Waals surface area contributed by atoms with Crippen molar-refractivity contribution in [3.8, 4) is 0 Å². The highest BCUT2D eigenvalue weighted by atomic mass is 14.6. The first-order valence-corrected chi connectivity index (χ1v) is 6.91. The predicted octanol–water partition coefficient (Wildman–Crippen LogP) is 4.56. The van der Waals surface area contributed by atoms with Gasteiger partial charge in [-0.1, -0.05) is 18.6 Å². The van der Waals surface area contributed by atoms with Gasteiger partial charge < -0.3 is 0 Å². The van der Waals surface area contributed by atoms with Gasteiger partial charge in [0.25, 0.3) is 0 Å². The maximum absolute atomic E-state index is 2.44. The highest BCUT2D eigenvalue weighted by Crippen LogP contribution is 2.63. The molecule has 0 atom stereocenters. The monoisotopic (exact) mass is 204 g/mol. The molecule has 0 saturated heterocycles.